The highest BCUT2D eigenvalue weighted by Crippen LogP contribution is 2.26. The number of rotatable bonds is 4. The van der Waals surface area contributed by atoms with Gasteiger partial charge in [-0.1, -0.05) is 15.9 Å². The fraction of sp³-hybridized carbons (Fsp3) is 0.200. The van der Waals surface area contributed by atoms with Crippen molar-refractivity contribution < 1.29 is 16.8 Å². The van der Waals surface area contributed by atoms with E-state index in [4.69, 9.17) is 0 Å². The first-order valence-corrected chi connectivity index (χ1v) is 11.1. The summed E-state index contributed by atoms with van der Waals surface area (Å²) in [5, 5.41) is 0. The zero-order valence-corrected chi connectivity index (χ0v) is 15.7. The van der Waals surface area contributed by atoms with E-state index in [9.17, 15) is 16.8 Å². The van der Waals surface area contributed by atoms with Crippen molar-refractivity contribution >= 4 is 47.4 Å². The van der Waals surface area contributed by atoms with E-state index in [-0.39, 0.29) is 10.6 Å². The molecule has 128 valence electrons. The molecule has 1 aliphatic heterocycles. The zero-order chi connectivity index (χ0) is 17.4. The summed E-state index contributed by atoms with van der Waals surface area (Å²) in [5.41, 5.74) is 0.914. The molecule has 0 spiro atoms. The number of hydrogen-bond acceptors (Lipinski definition) is 4. The minimum absolute atomic E-state index is 0.144. The van der Waals surface area contributed by atoms with Gasteiger partial charge < -0.3 is 0 Å². The van der Waals surface area contributed by atoms with Gasteiger partial charge in [-0.3, -0.25) is 9.03 Å². The van der Waals surface area contributed by atoms with Crippen LogP contribution < -0.4 is 9.03 Å². The average molecular weight is 431 g/mol. The zero-order valence-electron chi connectivity index (χ0n) is 12.5. The van der Waals surface area contributed by atoms with Crippen LogP contribution in [-0.4, -0.2) is 29.1 Å². The quantitative estimate of drug-likeness (QED) is 0.807. The van der Waals surface area contributed by atoms with E-state index in [0.717, 1.165) is 4.47 Å². The lowest BCUT2D eigenvalue weighted by Gasteiger charge is -2.17. The summed E-state index contributed by atoms with van der Waals surface area (Å²) in [4.78, 5) is 0.150. The van der Waals surface area contributed by atoms with E-state index < -0.39 is 20.0 Å². The van der Waals surface area contributed by atoms with Gasteiger partial charge in [-0.15, -0.1) is 0 Å². The monoisotopic (exact) mass is 430 g/mol. The van der Waals surface area contributed by atoms with Crippen molar-refractivity contribution in [3.05, 3.63) is 53.0 Å². The first-order chi connectivity index (χ1) is 11.3. The van der Waals surface area contributed by atoms with Crippen LogP contribution in [0.15, 0.2) is 57.9 Å². The molecular formula is C15H15BrN2O4S2. The standard InChI is InChI=1S/C15H15BrN2O4S2/c16-12-2-8-15(9-3-12)24(21,22)17-13-4-6-14(7-5-13)18-10-1-11-23(18,19)20/h2-9,17H,1,10-11H2. The Morgan fingerprint density at radius 2 is 1.62 bits per heavy atom. The molecule has 0 saturated carbocycles. The van der Waals surface area contributed by atoms with Crippen LogP contribution in [0.25, 0.3) is 0 Å². The maximum absolute atomic E-state index is 12.3. The number of hydrogen-bond donors (Lipinski definition) is 1. The highest BCUT2D eigenvalue weighted by atomic mass is 79.9. The summed E-state index contributed by atoms with van der Waals surface area (Å²) in [6.45, 7) is 0.451. The van der Waals surface area contributed by atoms with Gasteiger partial charge in [-0.2, -0.15) is 0 Å². The number of benzene rings is 2. The highest BCUT2D eigenvalue weighted by Gasteiger charge is 2.28. The molecular weight excluding hydrogens is 416 g/mol. The molecule has 1 aliphatic rings. The van der Waals surface area contributed by atoms with Crippen LogP contribution in [-0.2, 0) is 20.0 Å². The number of nitrogens with one attached hydrogen (secondary N) is 1. The lowest BCUT2D eigenvalue weighted by molar-refractivity contribution is 0.598. The molecule has 9 heteroatoms. The van der Waals surface area contributed by atoms with Gasteiger partial charge >= 0.3 is 0 Å². The third-order valence-corrected chi connectivity index (χ3v) is 7.43. The number of halogens is 1. The van der Waals surface area contributed by atoms with E-state index in [1.165, 1.54) is 16.4 Å². The first kappa shape index (κ1) is 17.2. The third-order valence-electron chi connectivity index (χ3n) is 3.63. The van der Waals surface area contributed by atoms with Crippen molar-refractivity contribution in [2.75, 3.05) is 21.3 Å². The van der Waals surface area contributed by atoms with Gasteiger partial charge in [0.05, 0.1) is 16.3 Å². The van der Waals surface area contributed by atoms with Crippen molar-refractivity contribution in [3.8, 4) is 0 Å². The third kappa shape index (κ3) is 3.57. The summed E-state index contributed by atoms with van der Waals surface area (Å²) >= 11 is 3.26. The molecule has 0 atom stereocenters. The molecule has 0 unspecified atom stereocenters. The molecule has 6 nitrogen and oxygen atoms in total. The SMILES string of the molecule is O=S(=O)(Nc1ccc(N2CCCS2(=O)=O)cc1)c1ccc(Br)cc1. The van der Waals surface area contributed by atoms with E-state index >= 15 is 0 Å². The highest BCUT2D eigenvalue weighted by molar-refractivity contribution is 9.10. The minimum atomic E-state index is -3.69. The number of nitrogens with zero attached hydrogens (tertiary/aromatic N) is 1. The Kier molecular flexibility index (Phi) is 4.58. The smallest absolute Gasteiger partial charge is 0.261 e. The number of sulfonamides is 2. The van der Waals surface area contributed by atoms with Crippen LogP contribution >= 0.6 is 15.9 Å². The molecule has 1 saturated heterocycles. The van der Waals surface area contributed by atoms with Crippen LogP contribution in [0.1, 0.15) is 6.42 Å². The van der Waals surface area contributed by atoms with Crippen LogP contribution in [0.2, 0.25) is 0 Å². The lowest BCUT2D eigenvalue weighted by atomic mass is 10.3. The van der Waals surface area contributed by atoms with Crippen molar-refractivity contribution in [1.82, 2.24) is 0 Å². The fourth-order valence-corrected chi connectivity index (χ4v) is 5.34. The Bertz CT molecular complexity index is 940. The summed E-state index contributed by atoms with van der Waals surface area (Å²) < 4.78 is 53.1. The minimum Gasteiger partial charge on any atom is -0.280 e. The summed E-state index contributed by atoms with van der Waals surface area (Å²) in [5.74, 6) is 0.144. The van der Waals surface area contributed by atoms with E-state index in [2.05, 4.69) is 20.7 Å². The Balaban J connectivity index is 1.80. The van der Waals surface area contributed by atoms with Crippen molar-refractivity contribution in [2.45, 2.75) is 11.3 Å². The van der Waals surface area contributed by atoms with Crippen molar-refractivity contribution in [2.24, 2.45) is 0 Å². The second kappa shape index (κ2) is 6.38. The van der Waals surface area contributed by atoms with Crippen LogP contribution in [0.5, 0.6) is 0 Å². The largest absolute Gasteiger partial charge is 0.280 e. The second-order valence-corrected chi connectivity index (χ2v) is 9.96. The van der Waals surface area contributed by atoms with Gasteiger partial charge in [-0.25, -0.2) is 16.8 Å². The van der Waals surface area contributed by atoms with Gasteiger partial charge in [0, 0.05) is 16.7 Å². The van der Waals surface area contributed by atoms with Crippen molar-refractivity contribution in [3.63, 3.8) is 0 Å². The molecule has 1 heterocycles. The molecule has 0 amide bonds. The molecule has 0 aliphatic carbocycles. The predicted octanol–water partition coefficient (Wildman–Crippen LogP) is 2.79. The molecule has 2 aromatic rings. The van der Waals surface area contributed by atoms with E-state index in [1.807, 2.05) is 0 Å². The Hall–Kier alpha value is -1.58. The van der Waals surface area contributed by atoms with Gasteiger partial charge in [0.1, 0.15) is 0 Å². The van der Waals surface area contributed by atoms with Gasteiger partial charge in [0.25, 0.3) is 10.0 Å². The molecule has 3 rings (SSSR count). The summed E-state index contributed by atoms with van der Waals surface area (Å²) in [6, 6.07) is 12.6. The Labute approximate surface area is 149 Å². The second-order valence-electron chi connectivity index (χ2n) is 5.35. The molecule has 0 aromatic heterocycles. The maximum Gasteiger partial charge on any atom is 0.261 e. The predicted molar refractivity (Wildman–Crippen MR) is 97.1 cm³/mol. The van der Waals surface area contributed by atoms with E-state index in [0.29, 0.717) is 24.3 Å². The Morgan fingerprint density at radius 3 is 2.17 bits per heavy atom. The lowest BCUT2D eigenvalue weighted by Crippen LogP contribution is -2.25. The molecule has 24 heavy (non-hydrogen) atoms. The normalized spacial score (nSPS) is 17.0. The summed E-state index contributed by atoms with van der Waals surface area (Å²) in [7, 11) is -6.93. The van der Waals surface area contributed by atoms with Crippen LogP contribution in [0.3, 0.4) is 0 Å². The molecule has 0 bridgehead atoms. The topological polar surface area (TPSA) is 83.6 Å². The van der Waals surface area contributed by atoms with Crippen LogP contribution in [0.4, 0.5) is 11.4 Å². The van der Waals surface area contributed by atoms with E-state index in [1.54, 1.807) is 36.4 Å². The maximum atomic E-state index is 12.3. The number of anilines is 2. The average Bonchev–Trinajstić information content (AvgIpc) is 2.87. The van der Waals surface area contributed by atoms with Crippen LogP contribution in [0, 0.1) is 0 Å². The van der Waals surface area contributed by atoms with Crippen molar-refractivity contribution in [1.29, 1.82) is 0 Å². The molecule has 0 radical (unpaired) electrons. The molecule has 1 fully saturated rings. The molecule has 2 aromatic carbocycles. The Morgan fingerprint density at radius 1 is 1.00 bits per heavy atom. The first-order valence-electron chi connectivity index (χ1n) is 7.17. The fourth-order valence-electron chi connectivity index (χ4n) is 2.45. The van der Waals surface area contributed by atoms with Gasteiger partial charge in [-0.05, 0) is 55.0 Å². The van der Waals surface area contributed by atoms with Gasteiger partial charge in [0.2, 0.25) is 10.0 Å². The summed E-state index contributed by atoms with van der Waals surface area (Å²) in [6.07, 6.45) is 0.598. The molecule has 1 N–H and O–H groups in total. The van der Waals surface area contributed by atoms with Gasteiger partial charge in [0.15, 0.2) is 0 Å².